The first-order valence-corrected chi connectivity index (χ1v) is 12.6. The van der Waals surface area contributed by atoms with Crippen molar-refractivity contribution in [3.05, 3.63) is 59.4 Å². The fourth-order valence-electron chi connectivity index (χ4n) is 3.67. The number of benzene rings is 2. The van der Waals surface area contributed by atoms with Crippen molar-refractivity contribution in [2.24, 2.45) is 5.73 Å². The van der Waals surface area contributed by atoms with E-state index in [1.165, 1.54) is 16.4 Å². The van der Waals surface area contributed by atoms with Gasteiger partial charge in [0.05, 0.1) is 10.8 Å². The van der Waals surface area contributed by atoms with E-state index in [0.29, 0.717) is 41.0 Å². The van der Waals surface area contributed by atoms with E-state index in [4.69, 9.17) is 26.6 Å². The molecule has 1 aliphatic heterocycles. The topological polar surface area (TPSA) is 129 Å². The van der Waals surface area contributed by atoms with Crippen molar-refractivity contribution in [1.29, 1.82) is 0 Å². The first kappa shape index (κ1) is 24.2. The highest BCUT2D eigenvalue weighted by molar-refractivity contribution is 7.89. The molecular weight excluding hydrogens is 480 g/mol. The number of primary amides is 1. The van der Waals surface area contributed by atoms with Gasteiger partial charge in [0.15, 0.2) is 5.60 Å². The van der Waals surface area contributed by atoms with E-state index in [9.17, 15) is 13.2 Å². The van der Waals surface area contributed by atoms with Gasteiger partial charge in [0.1, 0.15) is 5.75 Å². The molecule has 34 heavy (non-hydrogen) atoms. The molecule has 2 aromatic carbocycles. The number of aromatic nitrogens is 2. The fraction of sp³-hybridized carbons (Fsp3) is 0.348. The highest BCUT2D eigenvalue weighted by Gasteiger charge is 2.33. The van der Waals surface area contributed by atoms with Crippen LogP contribution in [0.15, 0.2) is 57.9 Å². The molecule has 0 bridgehead atoms. The number of rotatable bonds is 7. The molecule has 0 saturated carbocycles. The second kappa shape index (κ2) is 9.36. The molecule has 0 spiro atoms. The maximum absolute atomic E-state index is 13.1. The van der Waals surface area contributed by atoms with Crippen LogP contribution in [0.1, 0.15) is 38.5 Å². The van der Waals surface area contributed by atoms with Crippen molar-refractivity contribution in [3.8, 4) is 17.1 Å². The summed E-state index contributed by atoms with van der Waals surface area (Å²) < 4.78 is 38.7. The summed E-state index contributed by atoms with van der Waals surface area (Å²) in [5, 5.41) is 4.43. The Morgan fingerprint density at radius 2 is 1.97 bits per heavy atom. The average molecular weight is 505 g/mol. The molecule has 9 nitrogen and oxygen atoms in total. The molecule has 1 unspecified atom stereocenters. The number of nitrogens with zero attached hydrogens (tertiary/aromatic N) is 3. The summed E-state index contributed by atoms with van der Waals surface area (Å²) in [6.45, 7) is 3.84. The lowest BCUT2D eigenvalue weighted by Crippen LogP contribution is -2.43. The quantitative estimate of drug-likeness (QED) is 0.520. The van der Waals surface area contributed by atoms with Gasteiger partial charge in [0.2, 0.25) is 21.7 Å². The molecule has 3 aromatic rings. The van der Waals surface area contributed by atoms with Crippen LogP contribution in [0.2, 0.25) is 5.02 Å². The summed E-state index contributed by atoms with van der Waals surface area (Å²) in [6.07, 6.45) is 1.40. The normalized spacial score (nSPS) is 17.4. The summed E-state index contributed by atoms with van der Waals surface area (Å²) in [5.41, 5.74) is 4.90. The lowest BCUT2D eigenvalue weighted by molar-refractivity contribution is -0.130. The third-order valence-electron chi connectivity index (χ3n) is 5.69. The molecule has 11 heteroatoms. The van der Waals surface area contributed by atoms with Crippen LogP contribution in [-0.2, 0) is 14.8 Å². The highest BCUT2D eigenvalue weighted by Crippen LogP contribution is 2.31. The summed E-state index contributed by atoms with van der Waals surface area (Å²) >= 11 is 5.99. The number of sulfonamides is 1. The Labute approximate surface area is 202 Å². The van der Waals surface area contributed by atoms with Crippen LogP contribution >= 0.6 is 11.6 Å². The Kier molecular flexibility index (Phi) is 6.66. The third-order valence-corrected chi connectivity index (χ3v) is 7.78. The molecule has 1 aliphatic rings. The van der Waals surface area contributed by atoms with Gasteiger partial charge >= 0.3 is 0 Å². The summed E-state index contributed by atoms with van der Waals surface area (Å²) in [4.78, 5) is 16.1. The zero-order chi connectivity index (χ0) is 24.5. The lowest BCUT2D eigenvalue weighted by atomic mass is 10.00. The second-order valence-corrected chi connectivity index (χ2v) is 11.0. The van der Waals surface area contributed by atoms with Gasteiger partial charge in [0.25, 0.3) is 5.91 Å². The molecule has 0 aliphatic carbocycles. The Morgan fingerprint density at radius 1 is 1.24 bits per heavy atom. The summed E-state index contributed by atoms with van der Waals surface area (Å²) in [6, 6.07) is 13.1. The number of amides is 1. The molecule has 2 N–H and O–H groups in total. The molecule has 1 fully saturated rings. The maximum atomic E-state index is 13.1. The van der Waals surface area contributed by atoms with Crippen LogP contribution in [0.3, 0.4) is 0 Å². The Morgan fingerprint density at radius 3 is 2.65 bits per heavy atom. The zero-order valence-electron chi connectivity index (χ0n) is 18.8. The molecule has 1 aromatic heterocycles. The van der Waals surface area contributed by atoms with Crippen LogP contribution in [0.25, 0.3) is 11.4 Å². The average Bonchev–Trinajstić information content (AvgIpc) is 3.30. The molecular formula is C23H25ClN4O5S. The molecule has 0 radical (unpaired) electrons. The summed E-state index contributed by atoms with van der Waals surface area (Å²) in [5.74, 6) is 0.452. The minimum atomic E-state index is -3.68. The molecule has 180 valence electrons. The molecule has 1 atom stereocenters. The number of carbonyl (C=O) groups is 1. The smallest absolute Gasteiger partial charge is 0.261 e. The van der Waals surface area contributed by atoms with Gasteiger partial charge in [-0.05, 0) is 69.2 Å². The number of nitrogens with two attached hydrogens (primary N) is 1. The predicted octanol–water partition coefficient (Wildman–Crippen LogP) is 3.60. The van der Waals surface area contributed by atoms with E-state index < -0.39 is 21.5 Å². The number of carbonyl (C=O) groups excluding carboxylic acids is 1. The van der Waals surface area contributed by atoms with Gasteiger partial charge in [-0.1, -0.05) is 22.8 Å². The van der Waals surface area contributed by atoms with Crippen LogP contribution in [0, 0.1) is 0 Å². The fourth-order valence-corrected chi connectivity index (χ4v) is 5.50. The van der Waals surface area contributed by atoms with Gasteiger partial charge in [-0.2, -0.15) is 9.29 Å². The zero-order valence-corrected chi connectivity index (χ0v) is 20.3. The second-order valence-electron chi connectivity index (χ2n) is 8.62. The largest absolute Gasteiger partial charge is 0.478 e. The Bertz CT molecular complexity index is 1290. The monoisotopic (exact) mass is 504 g/mol. The van der Waals surface area contributed by atoms with Gasteiger partial charge in [-0.3, -0.25) is 4.79 Å². The Hall–Kier alpha value is -2.95. The first-order valence-electron chi connectivity index (χ1n) is 10.7. The Balaban J connectivity index is 1.48. The van der Waals surface area contributed by atoms with Gasteiger partial charge in [-0.25, -0.2) is 8.42 Å². The van der Waals surface area contributed by atoms with Crippen molar-refractivity contribution in [3.63, 3.8) is 0 Å². The van der Waals surface area contributed by atoms with Crippen molar-refractivity contribution < 1.29 is 22.5 Å². The van der Waals surface area contributed by atoms with Crippen molar-refractivity contribution in [2.75, 3.05) is 13.1 Å². The van der Waals surface area contributed by atoms with Gasteiger partial charge < -0.3 is 15.0 Å². The van der Waals surface area contributed by atoms with E-state index in [2.05, 4.69) is 10.1 Å². The predicted molar refractivity (Wildman–Crippen MR) is 126 cm³/mol. The van der Waals surface area contributed by atoms with E-state index in [0.717, 1.165) is 6.42 Å². The highest BCUT2D eigenvalue weighted by atomic mass is 35.5. The minimum Gasteiger partial charge on any atom is -0.478 e. The SMILES string of the molecule is CC(C)(Oc1ccc(-c2noc(C3CCCN(S(=O)(=O)c4cccc(Cl)c4)C3)n2)cc1)C(N)=O. The van der Waals surface area contributed by atoms with E-state index in [-0.39, 0.29) is 17.4 Å². The van der Waals surface area contributed by atoms with Crippen molar-refractivity contribution in [1.82, 2.24) is 14.4 Å². The molecule has 1 amide bonds. The van der Waals surface area contributed by atoms with Crippen LogP contribution < -0.4 is 10.5 Å². The lowest BCUT2D eigenvalue weighted by Gasteiger charge is -2.30. The minimum absolute atomic E-state index is 0.161. The number of hydrogen-bond donors (Lipinski definition) is 1. The standard InChI is InChI=1S/C23H25ClN4O5S/c1-23(2,22(25)29)32-18-10-8-15(9-11-18)20-26-21(33-27-20)16-5-4-12-28(14-16)34(30,31)19-7-3-6-17(24)13-19/h3,6-11,13,16H,4-5,12,14H2,1-2H3,(H2,25,29). The van der Waals surface area contributed by atoms with Crippen LogP contribution in [0.5, 0.6) is 5.75 Å². The molecule has 1 saturated heterocycles. The van der Waals surface area contributed by atoms with Crippen LogP contribution in [-0.4, -0.2) is 47.5 Å². The van der Waals surface area contributed by atoms with Gasteiger partial charge in [0, 0.05) is 23.7 Å². The number of halogens is 1. The third kappa shape index (κ3) is 5.08. The van der Waals surface area contributed by atoms with E-state index in [1.807, 2.05) is 0 Å². The van der Waals surface area contributed by atoms with Crippen LogP contribution in [0.4, 0.5) is 0 Å². The van der Waals surface area contributed by atoms with Gasteiger partial charge in [-0.15, -0.1) is 0 Å². The molecule has 4 rings (SSSR count). The number of piperidine rings is 1. The van der Waals surface area contributed by atoms with Crippen molar-refractivity contribution in [2.45, 2.75) is 43.1 Å². The van der Waals surface area contributed by atoms with Crippen molar-refractivity contribution >= 4 is 27.5 Å². The van der Waals surface area contributed by atoms with E-state index >= 15 is 0 Å². The van der Waals surface area contributed by atoms with E-state index in [1.54, 1.807) is 50.2 Å². The maximum Gasteiger partial charge on any atom is 0.261 e. The first-order chi connectivity index (χ1) is 16.1. The number of ether oxygens (including phenoxy) is 1. The molecule has 2 heterocycles. The summed E-state index contributed by atoms with van der Waals surface area (Å²) in [7, 11) is -3.68. The number of hydrogen-bond acceptors (Lipinski definition) is 7.